The highest BCUT2D eigenvalue weighted by Crippen LogP contribution is 2.26. The Morgan fingerprint density at radius 3 is 2.94 bits per heavy atom. The largest absolute Gasteiger partial charge is 0.497 e. The van der Waals surface area contributed by atoms with Gasteiger partial charge in [-0.25, -0.2) is 4.79 Å². The Kier molecular flexibility index (Phi) is 5.49. The van der Waals surface area contributed by atoms with Crippen molar-refractivity contribution >= 4 is 29.4 Å². The Morgan fingerprint density at radius 1 is 1.29 bits per heavy atom. The number of imide groups is 1. The first-order valence-electron chi connectivity index (χ1n) is 9.36. The van der Waals surface area contributed by atoms with Crippen molar-refractivity contribution in [2.75, 3.05) is 13.7 Å². The molecular weight excluding hydrogens is 400 g/mol. The highest BCUT2D eigenvalue weighted by atomic mass is 16.5. The van der Waals surface area contributed by atoms with E-state index < -0.39 is 12.1 Å². The molecule has 3 aromatic rings. The number of urea groups is 1. The molecule has 0 unspecified atom stereocenters. The number of benzene rings is 2. The van der Waals surface area contributed by atoms with Crippen LogP contribution >= 0.6 is 0 Å². The molecule has 156 valence electrons. The lowest BCUT2D eigenvalue weighted by Crippen LogP contribution is -2.46. The molecule has 2 aromatic carbocycles. The molecule has 0 bridgehead atoms. The van der Waals surface area contributed by atoms with Gasteiger partial charge in [0.15, 0.2) is 0 Å². The van der Waals surface area contributed by atoms with Crippen molar-refractivity contribution in [2.24, 2.45) is 0 Å². The molecule has 0 radical (unpaired) electrons. The van der Waals surface area contributed by atoms with E-state index in [1.54, 1.807) is 35.2 Å². The SMILES string of the molecule is COc1ccc2c(c1)C(=O)N(C[C@@H](C#Cc1ccc3n[nH]nc3c1)NC(=O)NC=O)C2. The zero-order valence-corrected chi connectivity index (χ0v) is 16.5. The van der Waals surface area contributed by atoms with Crippen LogP contribution in [0.3, 0.4) is 0 Å². The number of H-pyrrole nitrogens is 1. The number of aromatic amines is 1. The van der Waals surface area contributed by atoms with Gasteiger partial charge in [0.25, 0.3) is 5.91 Å². The van der Waals surface area contributed by atoms with Crippen molar-refractivity contribution in [3.63, 3.8) is 0 Å². The van der Waals surface area contributed by atoms with Gasteiger partial charge in [0, 0.05) is 17.7 Å². The van der Waals surface area contributed by atoms with Gasteiger partial charge in [-0.05, 0) is 35.9 Å². The highest BCUT2D eigenvalue weighted by Gasteiger charge is 2.29. The molecule has 4 amide bonds. The first-order chi connectivity index (χ1) is 15.1. The maximum atomic E-state index is 12.8. The molecule has 3 N–H and O–H groups in total. The molecule has 4 rings (SSSR count). The Hall–Kier alpha value is -4.39. The third-order valence-corrected chi connectivity index (χ3v) is 4.80. The first-order valence-corrected chi connectivity index (χ1v) is 9.36. The lowest BCUT2D eigenvalue weighted by molar-refractivity contribution is -0.108. The summed E-state index contributed by atoms with van der Waals surface area (Å²) in [7, 11) is 1.54. The summed E-state index contributed by atoms with van der Waals surface area (Å²) >= 11 is 0. The predicted molar refractivity (Wildman–Crippen MR) is 110 cm³/mol. The third-order valence-electron chi connectivity index (χ3n) is 4.80. The van der Waals surface area contributed by atoms with Gasteiger partial charge >= 0.3 is 6.03 Å². The van der Waals surface area contributed by atoms with Crippen LogP contribution in [0.5, 0.6) is 5.75 Å². The van der Waals surface area contributed by atoms with Crippen LogP contribution in [0, 0.1) is 11.8 Å². The number of ether oxygens (including phenoxy) is 1. The van der Waals surface area contributed by atoms with E-state index in [4.69, 9.17) is 4.74 Å². The lowest BCUT2D eigenvalue weighted by Gasteiger charge is -2.21. The molecule has 0 spiro atoms. The molecule has 2 heterocycles. The average molecular weight is 418 g/mol. The van der Waals surface area contributed by atoms with Crippen molar-refractivity contribution in [2.45, 2.75) is 12.6 Å². The molecule has 0 saturated carbocycles. The summed E-state index contributed by atoms with van der Waals surface area (Å²) in [5, 5.41) is 15.2. The van der Waals surface area contributed by atoms with Crippen LogP contribution in [0.1, 0.15) is 21.5 Å². The van der Waals surface area contributed by atoms with Crippen LogP contribution in [-0.4, -0.2) is 58.4 Å². The van der Waals surface area contributed by atoms with Gasteiger partial charge in [0.2, 0.25) is 6.41 Å². The van der Waals surface area contributed by atoms with Gasteiger partial charge in [-0.15, -0.1) is 0 Å². The summed E-state index contributed by atoms with van der Waals surface area (Å²) in [6.07, 6.45) is 0.279. The number of fused-ring (bicyclic) bond motifs is 2. The monoisotopic (exact) mass is 418 g/mol. The molecule has 0 fully saturated rings. The molecule has 0 aliphatic carbocycles. The number of nitrogens with one attached hydrogen (secondary N) is 3. The van der Waals surface area contributed by atoms with Crippen LogP contribution in [0.15, 0.2) is 36.4 Å². The number of methoxy groups -OCH3 is 1. The predicted octanol–water partition coefficient (Wildman–Crippen LogP) is 0.798. The first kappa shape index (κ1) is 19.9. The lowest BCUT2D eigenvalue weighted by atomic mass is 10.1. The number of hydrogen-bond acceptors (Lipinski definition) is 6. The van der Waals surface area contributed by atoms with Crippen molar-refractivity contribution < 1.29 is 19.1 Å². The van der Waals surface area contributed by atoms with E-state index in [0.29, 0.717) is 34.5 Å². The number of rotatable bonds is 5. The molecule has 1 aromatic heterocycles. The minimum Gasteiger partial charge on any atom is -0.497 e. The minimum absolute atomic E-state index is 0.140. The maximum Gasteiger partial charge on any atom is 0.322 e. The second-order valence-corrected chi connectivity index (χ2v) is 6.79. The van der Waals surface area contributed by atoms with Crippen molar-refractivity contribution in [3.05, 3.63) is 53.1 Å². The number of hydrogen-bond donors (Lipinski definition) is 3. The van der Waals surface area contributed by atoms with Gasteiger partial charge in [0.05, 0.1) is 13.7 Å². The Labute approximate surface area is 176 Å². The van der Waals surface area contributed by atoms with Crippen molar-refractivity contribution in [1.82, 2.24) is 30.9 Å². The quantitative estimate of drug-likeness (QED) is 0.415. The molecule has 1 atom stereocenters. The number of carbonyl (C=O) groups excluding carboxylic acids is 3. The summed E-state index contributed by atoms with van der Waals surface area (Å²) in [5.41, 5.74) is 3.46. The third kappa shape index (κ3) is 4.30. The summed E-state index contributed by atoms with van der Waals surface area (Å²) < 4.78 is 5.19. The Balaban J connectivity index is 1.55. The van der Waals surface area contributed by atoms with E-state index in [0.717, 1.165) is 5.56 Å². The Bertz CT molecular complexity index is 1230. The van der Waals surface area contributed by atoms with Gasteiger partial charge in [-0.2, -0.15) is 15.4 Å². The van der Waals surface area contributed by atoms with E-state index in [9.17, 15) is 14.4 Å². The molecule has 10 heteroatoms. The standard InChI is InChI=1S/C21H18N6O4/c1-31-16-6-4-14-10-27(20(29)17(14)9-16)11-15(23-21(30)22-12-28)5-2-13-3-7-18-19(8-13)25-26-24-18/h3-4,6-9,12,15H,10-11H2,1H3,(H,24,25,26)(H2,22,23,28,30)/t15-/m1/s1. The van der Waals surface area contributed by atoms with Gasteiger partial charge < -0.3 is 15.0 Å². The molecule has 10 nitrogen and oxygen atoms in total. The van der Waals surface area contributed by atoms with Gasteiger partial charge in [-0.3, -0.25) is 14.9 Å². The second kappa shape index (κ2) is 8.54. The molecular formula is C21H18N6O4. The van der Waals surface area contributed by atoms with E-state index in [2.05, 4.69) is 32.6 Å². The fraction of sp³-hybridized carbons (Fsp3) is 0.190. The molecule has 0 saturated heterocycles. The fourth-order valence-electron chi connectivity index (χ4n) is 3.30. The number of carbonyl (C=O) groups is 3. The van der Waals surface area contributed by atoms with Gasteiger partial charge in [0.1, 0.15) is 22.8 Å². The topological polar surface area (TPSA) is 129 Å². The maximum absolute atomic E-state index is 12.8. The molecule has 31 heavy (non-hydrogen) atoms. The van der Waals surface area contributed by atoms with E-state index in [1.807, 2.05) is 11.4 Å². The summed E-state index contributed by atoms with van der Waals surface area (Å²) in [6.45, 7) is 0.527. The molecule has 1 aliphatic rings. The normalized spacial score (nSPS) is 13.2. The van der Waals surface area contributed by atoms with Crippen LogP contribution in [0.25, 0.3) is 11.0 Å². The number of nitrogens with zero attached hydrogens (tertiary/aromatic N) is 3. The van der Waals surface area contributed by atoms with Crippen LogP contribution in [0.2, 0.25) is 0 Å². The number of amides is 4. The summed E-state index contributed by atoms with van der Waals surface area (Å²) in [6, 6.07) is 9.23. The summed E-state index contributed by atoms with van der Waals surface area (Å²) in [5.74, 6) is 6.36. The van der Waals surface area contributed by atoms with E-state index in [1.165, 1.54) is 7.11 Å². The van der Waals surface area contributed by atoms with E-state index >= 15 is 0 Å². The van der Waals surface area contributed by atoms with Crippen LogP contribution in [0.4, 0.5) is 4.79 Å². The average Bonchev–Trinajstić information content (AvgIpc) is 3.36. The fourth-order valence-corrected chi connectivity index (χ4v) is 3.30. The second-order valence-electron chi connectivity index (χ2n) is 6.79. The number of aromatic nitrogens is 3. The Morgan fingerprint density at radius 2 is 2.13 bits per heavy atom. The van der Waals surface area contributed by atoms with Crippen molar-refractivity contribution in [1.29, 1.82) is 0 Å². The van der Waals surface area contributed by atoms with Gasteiger partial charge in [-0.1, -0.05) is 17.9 Å². The zero-order chi connectivity index (χ0) is 21.8. The van der Waals surface area contributed by atoms with Crippen molar-refractivity contribution in [3.8, 4) is 17.6 Å². The minimum atomic E-state index is -0.715. The van der Waals surface area contributed by atoms with Crippen LogP contribution < -0.4 is 15.4 Å². The zero-order valence-electron chi connectivity index (χ0n) is 16.5. The van der Waals surface area contributed by atoms with Crippen LogP contribution in [-0.2, 0) is 11.3 Å². The summed E-state index contributed by atoms with van der Waals surface area (Å²) in [4.78, 5) is 36.9. The molecule has 1 aliphatic heterocycles. The highest BCUT2D eigenvalue weighted by molar-refractivity contribution is 5.98. The van der Waals surface area contributed by atoms with E-state index in [-0.39, 0.29) is 18.9 Å². The smallest absolute Gasteiger partial charge is 0.322 e.